The molecule has 1 saturated heterocycles. The highest BCUT2D eigenvalue weighted by Crippen LogP contribution is 2.37. The number of ether oxygens (including phenoxy) is 1. The molecule has 36 heavy (non-hydrogen) atoms. The monoisotopic (exact) mass is 488 g/mol. The average Bonchev–Trinajstić information content (AvgIpc) is 3.44. The van der Waals surface area contributed by atoms with Gasteiger partial charge in [0.2, 0.25) is 0 Å². The first kappa shape index (κ1) is 24.2. The Bertz CT molecular complexity index is 1360. The summed E-state index contributed by atoms with van der Waals surface area (Å²) >= 11 is 0. The fraction of sp³-hybridized carbons (Fsp3) is 0.333. The number of rotatable bonds is 8. The van der Waals surface area contributed by atoms with E-state index in [4.69, 9.17) is 4.74 Å². The normalized spacial score (nSPS) is 16.1. The summed E-state index contributed by atoms with van der Waals surface area (Å²) in [5.74, 6) is 1.52. The Labute approximate surface area is 211 Å². The van der Waals surface area contributed by atoms with Crippen LogP contribution in [0, 0.1) is 19.8 Å². The van der Waals surface area contributed by atoms with Gasteiger partial charge in [-0.1, -0.05) is 12.1 Å². The van der Waals surface area contributed by atoms with E-state index in [-0.39, 0.29) is 24.1 Å². The van der Waals surface area contributed by atoms with Crippen molar-refractivity contribution in [1.29, 1.82) is 0 Å². The second kappa shape index (κ2) is 10.2. The number of aromatic nitrogens is 1. The predicted molar refractivity (Wildman–Crippen MR) is 142 cm³/mol. The predicted octanol–water partition coefficient (Wildman–Crippen LogP) is 6.05. The third-order valence-corrected chi connectivity index (χ3v) is 7.30. The Morgan fingerprint density at radius 2 is 1.81 bits per heavy atom. The van der Waals surface area contributed by atoms with Crippen molar-refractivity contribution in [2.24, 2.45) is 5.92 Å². The fourth-order valence-corrected chi connectivity index (χ4v) is 5.26. The highest BCUT2D eigenvalue weighted by molar-refractivity contribution is 5.92. The highest BCUT2D eigenvalue weighted by Gasteiger charge is 2.22. The topological polar surface area (TPSA) is 57.9 Å². The standard InChI is InChI=1S/C30H33FN2O3/c1-20-15-24(5-10-29(20)35)30-21(2)27-16-25(34)6-9-28(27)33(30)19-22-3-7-26(8-4-22)36-14-13-32-12-11-23(17-31)18-32/h3-10,15-16,23,34-35H,11-14,17-19H2,1-2H3/t23-/m0/s1. The number of phenolic OH excluding ortho intramolecular Hbond substituents is 2. The van der Waals surface area contributed by atoms with Gasteiger partial charge in [-0.15, -0.1) is 0 Å². The summed E-state index contributed by atoms with van der Waals surface area (Å²) in [4.78, 5) is 2.27. The third-order valence-electron chi connectivity index (χ3n) is 7.30. The van der Waals surface area contributed by atoms with Crippen LogP contribution in [0.5, 0.6) is 17.2 Å². The van der Waals surface area contributed by atoms with Crippen molar-refractivity contribution in [3.05, 3.63) is 77.4 Å². The average molecular weight is 489 g/mol. The van der Waals surface area contributed by atoms with Gasteiger partial charge in [-0.2, -0.15) is 0 Å². The van der Waals surface area contributed by atoms with Gasteiger partial charge < -0.3 is 19.5 Å². The van der Waals surface area contributed by atoms with E-state index < -0.39 is 0 Å². The molecular formula is C30H33FN2O3. The molecule has 2 N–H and O–H groups in total. The zero-order valence-electron chi connectivity index (χ0n) is 20.9. The Kier molecular flexibility index (Phi) is 6.88. The number of phenols is 2. The van der Waals surface area contributed by atoms with Crippen LogP contribution < -0.4 is 4.74 Å². The van der Waals surface area contributed by atoms with Crippen LogP contribution in [0.15, 0.2) is 60.7 Å². The number of aromatic hydroxyl groups is 2. The molecular weight excluding hydrogens is 455 g/mol. The molecule has 5 rings (SSSR count). The first-order valence-corrected chi connectivity index (χ1v) is 12.5. The molecule has 0 spiro atoms. The van der Waals surface area contributed by atoms with E-state index in [1.807, 2.05) is 43.3 Å². The summed E-state index contributed by atoms with van der Waals surface area (Å²) in [7, 11) is 0. The van der Waals surface area contributed by atoms with Gasteiger partial charge in [0.05, 0.1) is 12.4 Å². The van der Waals surface area contributed by atoms with Gasteiger partial charge in [0.15, 0.2) is 0 Å². The summed E-state index contributed by atoms with van der Waals surface area (Å²) in [6, 6.07) is 19.3. The Balaban J connectivity index is 1.36. The zero-order chi connectivity index (χ0) is 25.2. The zero-order valence-corrected chi connectivity index (χ0v) is 20.9. The maximum Gasteiger partial charge on any atom is 0.119 e. The highest BCUT2D eigenvalue weighted by atomic mass is 19.1. The lowest BCUT2D eigenvalue weighted by molar-refractivity contribution is 0.228. The van der Waals surface area contributed by atoms with Gasteiger partial charge in [-0.25, -0.2) is 0 Å². The molecule has 188 valence electrons. The number of hydrogen-bond acceptors (Lipinski definition) is 4. The molecule has 1 aliphatic heterocycles. The van der Waals surface area contributed by atoms with E-state index in [1.165, 1.54) is 0 Å². The largest absolute Gasteiger partial charge is 0.508 e. The smallest absolute Gasteiger partial charge is 0.119 e. The van der Waals surface area contributed by atoms with Crippen LogP contribution >= 0.6 is 0 Å². The van der Waals surface area contributed by atoms with Crippen molar-refractivity contribution in [2.45, 2.75) is 26.8 Å². The molecule has 4 aromatic rings. The second-order valence-electron chi connectivity index (χ2n) is 9.86. The number of aryl methyl sites for hydroxylation is 2. The van der Waals surface area contributed by atoms with Gasteiger partial charge in [-0.05, 0) is 97.6 Å². The van der Waals surface area contributed by atoms with Crippen LogP contribution in [0.4, 0.5) is 4.39 Å². The van der Waals surface area contributed by atoms with Crippen molar-refractivity contribution in [2.75, 3.05) is 32.9 Å². The lowest BCUT2D eigenvalue weighted by Crippen LogP contribution is -2.26. The molecule has 0 amide bonds. The van der Waals surface area contributed by atoms with Crippen LogP contribution in [0.3, 0.4) is 0 Å². The molecule has 0 aliphatic carbocycles. The first-order valence-electron chi connectivity index (χ1n) is 12.5. The molecule has 6 heteroatoms. The van der Waals surface area contributed by atoms with Crippen LogP contribution in [-0.2, 0) is 6.54 Å². The van der Waals surface area contributed by atoms with Gasteiger partial charge >= 0.3 is 0 Å². The van der Waals surface area contributed by atoms with Crippen LogP contribution in [0.1, 0.15) is 23.1 Å². The second-order valence-corrected chi connectivity index (χ2v) is 9.86. The number of likely N-dealkylation sites (tertiary alicyclic amines) is 1. The number of benzene rings is 3. The van der Waals surface area contributed by atoms with Gasteiger partial charge in [0.25, 0.3) is 0 Å². The summed E-state index contributed by atoms with van der Waals surface area (Å²) in [5.41, 5.74) is 6.18. The minimum atomic E-state index is -0.232. The van der Waals surface area contributed by atoms with Gasteiger partial charge in [0, 0.05) is 36.5 Å². The number of halogens is 1. The first-order chi connectivity index (χ1) is 17.4. The fourth-order valence-electron chi connectivity index (χ4n) is 5.26. The number of fused-ring (bicyclic) bond motifs is 1. The van der Waals surface area contributed by atoms with E-state index in [2.05, 4.69) is 28.5 Å². The molecule has 1 aliphatic rings. The molecule has 0 bridgehead atoms. The lowest BCUT2D eigenvalue weighted by atomic mass is 10.0. The third kappa shape index (κ3) is 4.91. The minimum Gasteiger partial charge on any atom is -0.508 e. The van der Waals surface area contributed by atoms with Crippen molar-refractivity contribution < 1.29 is 19.3 Å². The van der Waals surface area contributed by atoms with Crippen LogP contribution in [0.25, 0.3) is 22.2 Å². The molecule has 1 aromatic heterocycles. The number of hydrogen-bond donors (Lipinski definition) is 2. The minimum absolute atomic E-state index is 0.178. The van der Waals surface area contributed by atoms with E-state index in [9.17, 15) is 14.6 Å². The molecule has 2 heterocycles. The summed E-state index contributed by atoms with van der Waals surface area (Å²) in [6.45, 7) is 7.57. The van der Waals surface area contributed by atoms with Crippen molar-refractivity contribution in [1.82, 2.24) is 9.47 Å². The maximum atomic E-state index is 12.8. The van der Waals surface area contributed by atoms with Crippen molar-refractivity contribution in [3.63, 3.8) is 0 Å². The van der Waals surface area contributed by atoms with E-state index in [1.54, 1.807) is 12.1 Å². The SMILES string of the molecule is Cc1cc(-c2c(C)c3cc(O)ccc3n2Cc2ccc(OCCN3CC[C@@H](CF)C3)cc2)ccc1O. The molecule has 1 fully saturated rings. The van der Waals surface area contributed by atoms with Crippen LogP contribution in [0.2, 0.25) is 0 Å². The van der Waals surface area contributed by atoms with E-state index in [0.29, 0.717) is 13.2 Å². The molecule has 1 atom stereocenters. The number of nitrogens with zero attached hydrogens (tertiary/aromatic N) is 2. The molecule has 0 radical (unpaired) electrons. The summed E-state index contributed by atoms with van der Waals surface area (Å²) in [6.07, 6.45) is 0.935. The van der Waals surface area contributed by atoms with Gasteiger partial charge in [-0.3, -0.25) is 9.29 Å². The van der Waals surface area contributed by atoms with Crippen molar-refractivity contribution in [3.8, 4) is 28.5 Å². The summed E-state index contributed by atoms with van der Waals surface area (Å²) in [5, 5.41) is 21.2. The summed E-state index contributed by atoms with van der Waals surface area (Å²) < 4.78 is 21.0. The van der Waals surface area contributed by atoms with Gasteiger partial charge in [0.1, 0.15) is 23.9 Å². The Morgan fingerprint density at radius 1 is 1.00 bits per heavy atom. The van der Waals surface area contributed by atoms with Crippen molar-refractivity contribution >= 4 is 10.9 Å². The maximum absolute atomic E-state index is 12.8. The Hall–Kier alpha value is -3.51. The molecule has 5 nitrogen and oxygen atoms in total. The number of alkyl halides is 1. The van der Waals surface area contributed by atoms with Crippen LogP contribution in [-0.4, -0.2) is 52.6 Å². The van der Waals surface area contributed by atoms with E-state index >= 15 is 0 Å². The lowest BCUT2D eigenvalue weighted by Gasteiger charge is -2.16. The molecule has 3 aromatic carbocycles. The molecule has 0 saturated carbocycles. The van der Waals surface area contributed by atoms with E-state index in [0.717, 1.165) is 70.7 Å². The molecule has 0 unspecified atom stereocenters. The quantitative estimate of drug-likeness (QED) is 0.317. The Morgan fingerprint density at radius 3 is 2.53 bits per heavy atom.